The van der Waals surface area contributed by atoms with Crippen LogP contribution in [0, 0.1) is 0 Å². The largest absolute Gasteiger partial charge is 0.471 e. The molecular formula is C19H15F3N6O2S. The van der Waals surface area contributed by atoms with Crippen LogP contribution in [0.5, 0.6) is 0 Å². The summed E-state index contributed by atoms with van der Waals surface area (Å²) in [5.74, 6) is -1.56. The molecule has 31 heavy (non-hydrogen) atoms. The van der Waals surface area contributed by atoms with Gasteiger partial charge in [0.05, 0.1) is 33.1 Å². The molecule has 0 fully saturated rings. The lowest BCUT2D eigenvalue weighted by Gasteiger charge is -2.03. The van der Waals surface area contributed by atoms with Crippen LogP contribution in [-0.4, -0.2) is 35.4 Å². The molecule has 3 heterocycles. The van der Waals surface area contributed by atoms with E-state index in [4.69, 9.17) is 0 Å². The molecule has 12 heteroatoms. The van der Waals surface area contributed by atoms with E-state index in [9.17, 15) is 17.4 Å². The molecule has 160 valence electrons. The maximum atomic E-state index is 12.8. The molecule has 1 aromatic carbocycles. The van der Waals surface area contributed by atoms with Crippen molar-refractivity contribution in [2.24, 2.45) is 4.36 Å². The Balaban J connectivity index is 1.50. The zero-order valence-corrected chi connectivity index (χ0v) is 16.8. The smallest absolute Gasteiger partial charge is 0.329 e. The molecule has 3 aromatic heterocycles. The first-order chi connectivity index (χ1) is 14.7. The van der Waals surface area contributed by atoms with Gasteiger partial charge in [0.25, 0.3) is 0 Å². The molecule has 1 unspecified atom stereocenters. The van der Waals surface area contributed by atoms with E-state index < -0.39 is 21.8 Å². The van der Waals surface area contributed by atoms with E-state index >= 15 is 0 Å². The average Bonchev–Trinajstić information content (AvgIpc) is 3.43. The normalized spacial score (nSPS) is 13.7. The van der Waals surface area contributed by atoms with Gasteiger partial charge in [0, 0.05) is 36.0 Å². The molecule has 0 aliphatic heterocycles. The third-order valence-electron chi connectivity index (χ3n) is 4.28. The first-order valence-electron chi connectivity index (χ1n) is 8.85. The van der Waals surface area contributed by atoms with Crippen LogP contribution in [-0.2, 0) is 22.5 Å². The summed E-state index contributed by atoms with van der Waals surface area (Å²) in [7, 11) is -2.56. The van der Waals surface area contributed by atoms with Crippen molar-refractivity contribution in [2.45, 2.75) is 17.6 Å². The molecule has 0 spiro atoms. The minimum Gasteiger partial charge on any atom is -0.329 e. The van der Waals surface area contributed by atoms with Crippen LogP contribution in [0.1, 0.15) is 11.5 Å². The van der Waals surface area contributed by atoms with Crippen molar-refractivity contribution in [3.63, 3.8) is 0 Å². The monoisotopic (exact) mass is 448 g/mol. The van der Waals surface area contributed by atoms with Gasteiger partial charge in [0.2, 0.25) is 5.82 Å². The van der Waals surface area contributed by atoms with E-state index in [1.165, 1.54) is 0 Å². The topological polar surface area (TPSA) is 99.1 Å². The molecule has 1 atom stereocenters. The summed E-state index contributed by atoms with van der Waals surface area (Å²) >= 11 is 0. The number of alkyl halides is 3. The van der Waals surface area contributed by atoms with Gasteiger partial charge in [-0.1, -0.05) is 5.16 Å². The van der Waals surface area contributed by atoms with E-state index in [0.29, 0.717) is 16.1 Å². The number of rotatable bonds is 5. The Kier molecular flexibility index (Phi) is 5.31. The van der Waals surface area contributed by atoms with Gasteiger partial charge in [0.1, 0.15) is 0 Å². The highest BCUT2D eigenvalue weighted by molar-refractivity contribution is 7.93. The van der Waals surface area contributed by atoms with Crippen LogP contribution in [0.25, 0.3) is 17.1 Å². The number of halogens is 3. The van der Waals surface area contributed by atoms with E-state index in [1.807, 2.05) is 0 Å². The summed E-state index contributed by atoms with van der Waals surface area (Å²) in [5.41, 5.74) is 1.79. The zero-order valence-electron chi connectivity index (χ0n) is 16.0. The molecule has 4 aromatic rings. The molecule has 0 N–H and O–H groups in total. The van der Waals surface area contributed by atoms with Crippen molar-refractivity contribution in [1.82, 2.24) is 24.9 Å². The van der Waals surface area contributed by atoms with Crippen LogP contribution >= 0.6 is 0 Å². The molecule has 0 radical (unpaired) electrons. The third-order valence-corrected chi connectivity index (χ3v) is 6.04. The van der Waals surface area contributed by atoms with Gasteiger partial charge in [-0.05, 0) is 36.4 Å². The fourth-order valence-corrected chi connectivity index (χ4v) is 3.84. The lowest BCUT2D eigenvalue weighted by atomic mass is 10.2. The van der Waals surface area contributed by atoms with Crippen molar-refractivity contribution in [3.8, 4) is 17.1 Å². The number of benzene rings is 1. The highest BCUT2D eigenvalue weighted by Gasteiger charge is 2.38. The molecule has 8 nitrogen and oxygen atoms in total. The fourth-order valence-electron chi connectivity index (χ4n) is 2.67. The van der Waals surface area contributed by atoms with Gasteiger partial charge in [-0.2, -0.15) is 23.3 Å². The van der Waals surface area contributed by atoms with Crippen LogP contribution in [0.2, 0.25) is 0 Å². The van der Waals surface area contributed by atoms with Crippen molar-refractivity contribution >= 4 is 9.73 Å². The highest BCUT2D eigenvalue weighted by atomic mass is 32.2. The standard InChI is InChI=1S/C19H15F3N6O2S/c1-31(29,16-6-8-23-9-7-16)25-11-13-10-24-28(12-13)15-4-2-14(3-5-15)17-26-18(30-27-17)19(20,21)22/h2-10,12H,11H2,1H3. The second-order valence-corrected chi connectivity index (χ2v) is 8.87. The number of pyridine rings is 1. The summed E-state index contributed by atoms with van der Waals surface area (Å²) in [4.78, 5) is 7.87. The molecule has 0 saturated heterocycles. The minimum atomic E-state index is -4.69. The Hall–Kier alpha value is -3.54. The summed E-state index contributed by atoms with van der Waals surface area (Å²) < 4.78 is 60.7. The molecular weight excluding hydrogens is 433 g/mol. The first kappa shape index (κ1) is 20.7. The Morgan fingerprint density at radius 1 is 1.13 bits per heavy atom. The van der Waals surface area contributed by atoms with Crippen molar-refractivity contribution in [3.05, 3.63) is 72.6 Å². The number of hydrogen-bond donors (Lipinski definition) is 0. The van der Waals surface area contributed by atoms with Gasteiger partial charge < -0.3 is 4.52 Å². The van der Waals surface area contributed by atoms with E-state index in [-0.39, 0.29) is 12.4 Å². The maximum absolute atomic E-state index is 12.8. The number of hydrogen-bond acceptors (Lipinski definition) is 7. The Morgan fingerprint density at radius 3 is 2.48 bits per heavy atom. The molecule has 0 amide bonds. The predicted molar refractivity (Wildman–Crippen MR) is 105 cm³/mol. The van der Waals surface area contributed by atoms with Gasteiger partial charge in [0.15, 0.2) is 0 Å². The second kappa shape index (κ2) is 7.95. The Labute approximate surface area is 174 Å². The quantitative estimate of drug-likeness (QED) is 0.458. The van der Waals surface area contributed by atoms with E-state index in [2.05, 4.69) is 29.1 Å². The summed E-state index contributed by atoms with van der Waals surface area (Å²) in [6, 6.07) is 9.78. The summed E-state index contributed by atoms with van der Waals surface area (Å²) in [6.07, 6.45) is 3.34. The van der Waals surface area contributed by atoms with Gasteiger partial charge in [-0.15, -0.1) is 0 Å². The van der Waals surface area contributed by atoms with E-state index in [0.717, 1.165) is 5.56 Å². The summed E-state index contributed by atoms with van der Waals surface area (Å²) in [5, 5.41) is 7.61. The van der Waals surface area contributed by atoms with E-state index in [1.54, 1.807) is 72.1 Å². The maximum Gasteiger partial charge on any atom is 0.471 e. The van der Waals surface area contributed by atoms with Gasteiger partial charge in [-0.3, -0.25) is 4.98 Å². The van der Waals surface area contributed by atoms with Gasteiger partial charge in [-0.25, -0.2) is 13.3 Å². The van der Waals surface area contributed by atoms with Crippen LogP contribution in [0.4, 0.5) is 13.2 Å². The predicted octanol–water partition coefficient (Wildman–Crippen LogP) is 3.99. The lowest BCUT2D eigenvalue weighted by molar-refractivity contribution is -0.159. The highest BCUT2D eigenvalue weighted by Crippen LogP contribution is 2.29. The third kappa shape index (κ3) is 4.63. The zero-order chi connectivity index (χ0) is 22.1. The van der Waals surface area contributed by atoms with Crippen molar-refractivity contribution < 1.29 is 21.9 Å². The first-order valence-corrected chi connectivity index (χ1v) is 10.8. The Morgan fingerprint density at radius 2 is 1.84 bits per heavy atom. The molecule has 4 rings (SSSR count). The SMILES string of the molecule is CS(=O)(=NCc1cnn(-c2ccc(-c3noc(C(F)(F)F)n3)cc2)c1)c1ccncc1. The summed E-state index contributed by atoms with van der Waals surface area (Å²) in [6.45, 7) is 0.207. The van der Waals surface area contributed by atoms with Crippen molar-refractivity contribution in [2.75, 3.05) is 6.26 Å². The minimum absolute atomic E-state index is 0.160. The van der Waals surface area contributed by atoms with Gasteiger partial charge >= 0.3 is 12.1 Å². The second-order valence-electron chi connectivity index (χ2n) is 6.53. The molecule has 0 bridgehead atoms. The Bertz CT molecular complexity index is 1310. The van der Waals surface area contributed by atoms with Crippen molar-refractivity contribution in [1.29, 1.82) is 0 Å². The molecule has 0 aliphatic carbocycles. The number of aromatic nitrogens is 5. The number of nitrogens with zero attached hydrogens (tertiary/aromatic N) is 6. The lowest BCUT2D eigenvalue weighted by Crippen LogP contribution is -2.04. The average molecular weight is 448 g/mol. The molecule has 0 saturated carbocycles. The fraction of sp³-hybridized carbons (Fsp3) is 0.158. The van der Waals surface area contributed by atoms with Crippen LogP contribution < -0.4 is 0 Å². The van der Waals surface area contributed by atoms with Crippen LogP contribution in [0.3, 0.4) is 0 Å². The van der Waals surface area contributed by atoms with Crippen LogP contribution in [0.15, 0.2) is 75.0 Å². The molecule has 0 aliphatic rings.